The van der Waals surface area contributed by atoms with Crippen LogP contribution in [0.1, 0.15) is 23.4 Å². The Balaban J connectivity index is 2.18. The highest BCUT2D eigenvalue weighted by Crippen LogP contribution is 2.27. The fourth-order valence-electron chi connectivity index (χ4n) is 1.63. The van der Waals surface area contributed by atoms with Gasteiger partial charge in [0.15, 0.2) is 0 Å². The van der Waals surface area contributed by atoms with Gasteiger partial charge < -0.3 is 10.5 Å². The molecule has 0 bridgehead atoms. The molecule has 0 amide bonds. The zero-order valence-electron chi connectivity index (χ0n) is 9.52. The lowest BCUT2D eigenvalue weighted by atomic mass is 10.1. The van der Waals surface area contributed by atoms with Gasteiger partial charge in [-0.3, -0.25) is 0 Å². The monoisotopic (exact) mass is 251 g/mol. The van der Waals surface area contributed by atoms with E-state index in [1.54, 1.807) is 30.4 Å². The van der Waals surface area contributed by atoms with Crippen LogP contribution in [-0.4, -0.2) is 0 Å². The molecule has 4 heteroatoms. The number of nitrogens with two attached hydrogens (primary N) is 1. The van der Waals surface area contributed by atoms with Crippen molar-refractivity contribution >= 4 is 11.3 Å². The van der Waals surface area contributed by atoms with Crippen molar-refractivity contribution in [2.75, 3.05) is 0 Å². The molecule has 0 aliphatic heterocycles. The average molecular weight is 251 g/mol. The van der Waals surface area contributed by atoms with E-state index in [1.165, 1.54) is 6.07 Å². The van der Waals surface area contributed by atoms with Crippen molar-refractivity contribution in [2.45, 2.75) is 19.6 Å². The molecule has 2 aromatic rings. The lowest BCUT2D eigenvalue weighted by Crippen LogP contribution is -2.10. The molecule has 0 radical (unpaired) electrons. The van der Waals surface area contributed by atoms with Gasteiger partial charge in [0.2, 0.25) is 0 Å². The predicted molar refractivity (Wildman–Crippen MR) is 67.7 cm³/mol. The lowest BCUT2D eigenvalue weighted by molar-refractivity contribution is 0.302. The van der Waals surface area contributed by atoms with Gasteiger partial charge in [-0.1, -0.05) is 12.1 Å². The Morgan fingerprint density at radius 2 is 2.18 bits per heavy atom. The molecule has 1 aromatic carbocycles. The average Bonchev–Trinajstić information content (AvgIpc) is 2.78. The minimum atomic E-state index is -0.380. The molecule has 2 N–H and O–H groups in total. The summed E-state index contributed by atoms with van der Waals surface area (Å²) in [6.07, 6.45) is 0. The van der Waals surface area contributed by atoms with Gasteiger partial charge in [0.25, 0.3) is 0 Å². The zero-order chi connectivity index (χ0) is 12.3. The highest BCUT2D eigenvalue weighted by Gasteiger charge is 2.13. The second-order valence-electron chi connectivity index (χ2n) is 3.81. The molecule has 0 aliphatic rings. The summed E-state index contributed by atoms with van der Waals surface area (Å²) in [6, 6.07) is 8.34. The fourth-order valence-corrected chi connectivity index (χ4v) is 2.24. The van der Waals surface area contributed by atoms with Gasteiger partial charge >= 0.3 is 0 Å². The number of hydrogen-bond acceptors (Lipinski definition) is 3. The highest BCUT2D eigenvalue weighted by atomic mass is 32.1. The highest BCUT2D eigenvalue weighted by molar-refractivity contribution is 7.09. The van der Waals surface area contributed by atoms with E-state index in [0.29, 0.717) is 17.9 Å². The molecule has 0 unspecified atom stereocenters. The summed E-state index contributed by atoms with van der Waals surface area (Å²) in [6.45, 7) is 2.19. The van der Waals surface area contributed by atoms with Gasteiger partial charge in [-0.05, 0) is 30.5 Å². The smallest absolute Gasteiger partial charge is 0.131 e. The molecule has 1 atom stereocenters. The van der Waals surface area contributed by atoms with Crippen LogP contribution in [0.2, 0.25) is 0 Å². The number of hydrogen-bond donors (Lipinski definition) is 1. The molecule has 0 aliphatic carbocycles. The number of benzene rings is 1. The van der Waals surface area contributed by atoms with E-state index in [4.69, 9.17) is 10.5 Å². The van der Waals surface area contributed by atoms with Gasteiger partial charge in [0.05, 0.1) is 0 Å². The Morgan fingerprint density at radius 3 is 2.82 bits per heavy atom. The third-order valence-corrected chi connectivity index (χ3v) is 3.27. The van der Waals surface area contributed by atoms with Crippen molar-refractivity contribution in [3.8, 4) is 5.75 Å². The van der Waals surface area contributed by atoms with Crippen molar-refractivity contribution < 1.29 is 9.13 Å². The third kappa shape index (κ3) is 2.84. The van der Waals surface area contributed by atoms with Crippen molar-refractivity contribution in [1.82, 2.24) is 0 Å². The molecule has 0 saturated heterocycles. The summed E-state index contributed by atoms with van der Waals surface area (Å²) in [5.41, 5.74) is 6.18. The lowest BCUT2D eigenvalue weighted by Gasteiger charge is -2.14. The van der Waals surface area contributed by atoms with E-state index in [2.05, 4.69) is 0 Å². The standard InChI is InChI=1S/C13H14FNOS/c1-9(15)13-11(14)5-2-6-12(13)16-8-10-4-3-7-17-10/h2-7,9H,8,15H2,1H3/t9-/m1/s1. The number of ether oxygens (including phenoxy) is 1. The molecule has 0 saturated carbocycles. The third-order valence-electron chi connectivity index (χ3n) is 2.42. The quantitative estimate of drug-likeness (QED) is 0.902. The fraction of sp³-hybridized carbons (Fsp3) is 0.231. The van der Waals surface area contributed by atoms with Crippen LogP contribution in [-0.2, 0) is 6.61 Å². The number of rotatable bonds is 4. The maximum absolute atomic E-state index is 13.6. The Kier molecular flexibility index (Phi) is 3.76. The minimum Gasteiger partial charge on any atom is -0.488 e. The van der Waals surface area contributed by atoms with Crippen LogP contribution >= 0.6 is 11.3 Å². The normalized spacial score (nSPS) is 12.4. The maximum atomic E-state index is 13.6. The van der Waals surface area contributed by atoms with Crippen LogP contribution in [0.5, 0.6) is 5.75 Å². The maximum Gasteiger partial charge on any atom is 0.131 e. The summed E-state index contributed by atoms with van der Waals surface area (Å²) in [4.78, 5) is 1.10. The minimum absolute atomic E-state index is 0.316. The van der Waals surface area contributed by atoms with Crippen molar-refractivity contribution in [3.05, 3.63) is 52.0 Å². The molecule has 0 fully saturated rings. The Morgan fingerprint density at radius 1 is 1.35 bits per heavy atom. The first-order chi connectivity index (χ1) is 8.18. The number of halogens is 1. The molecule has 1 aromatic heterocycles. The summed E-state index contributed by atoms with van der Waals surface area (Å²) in [5.74, 6) is 0.206. The largest absolute Gasteiger partial charge is 0.488 e. The molecule has 2 nitrogen and oxygen atoms in total. The van der Waals surface area contributed by atoms with Crippen molar-refractivity contribution in [3.63, 3.8) is 0 Å². The number of thiophene rings is 1. The second kappa shape index (κ2) is 5.29. The molecule has 0 spiro atoms. The van der Waals surface area contributed by atoms with Crippen LogP contribution in [0.4, 0.5) is 4.39 Å². The van der Waals surface area contributed by atoms with Crippen LogP contribution < -0.4 is 10.5 Å². The summed E-state index contributed by atoms with van der Waals surface area (Å²) in [5, 5.41) is 1.98. The van der Waals surface area contributed by atoms with E-state index >= 15 is 0 Å². The van der Waals surface area contributed by atoms with Gasteiger partial charge in [0.1, 0.15) is 18.2 Å². The van der Waals surface area contributed by atoms with Crippen LogP contribution in [0.3, 0.4) is 0 Å². The van der Waals surface area contributed by atoms with E-state index in [0.717, 1.165) is 4.88 Å². The Hall–Kier alpha value is -1.39. The van der Waals surface area contributed by atoms with E-state index in [9.17, 15) is 4.39 Å². The van der Waals surface area contributed by atoms with E-state index in [-0.39, 0.29) is 11.9 Å². The summed E-state index contributed by atoms with van der Waals surface area (Å²) < 4.78 is 19.2. The second-order valence-corrected chi connectivity index (χ2v) is 4.84. The topological polar surface area (TPSA) is 35.2 Å². The van der Waals surface area contributed by atoms with Crippen molar-refractivity contribution in [2.24, 2.45) is 5.73 Å². The molecule has 17 heavy (non-hydrogen) atoms. The Bertz CT molecular complexity index is 482. The van der Waals surface area contributed by atoms with Crippen molar-refractivity contribution in [1.29, 1.82) is 0 Å². The molecule has 2 rings (SSSR count). The van der Waals surface area contributed by atoms with Gasteiger partial charge in [-0.2, -0.15) is 0 Å². The molecular weight excluding hydrogens is 237 g/mol. The first-order valence-electron chi connectivity index (χ1n) is 5.37. The molecule has 1 heterocycles. The first kappa shape index (κ1) is 12.1. The molecule has 90 valence electrons. The van der Waals surface area contributed by atoms with Gasteiger partial charge in [-0.25, -0.2) is 4.39 Å². The SMILES string of the molecule is C[C@@H](N)c1c(F)cccc1OCc1cccs1. The van der Waals surface area contributed by atoms with Crippen LogP contribution in [0.15, 0.2) is 35.7 Å². The van der Waals surface area contributed by atoms with Crippen LogP contribution in [0.25, 0.3) is 0 Å². The molecular formula is C13H14FNOS. The van der Waals surface area contributed by atoms with Gasteiger partial charge in [-0.15, -0.1) is 11.3 Å². The summed E-state index contributed by atoms with van der Waals surface area (Å²) >= 11 is 1.61. The summed E-state index contributed by atoms with van der Waals surface area (Å²) in [7, 11) is 0. The zero-order valence-corrected chi connectivity index (χ0v) is 10.3. The van der Waals surface area contributed by atoms with Gasteiger partial charge in [0, 0.05) is 16.5 Å². The first-order valence-corrected chi connectivity index (χ1v) is 6.25. The van der Waals surface area contributed by atoms with E-state index < -0.39 is 0 Å². The van der Waals surface area contributed by atoms with E-state index in [1.807, 2.05) is 17.5 Å². The van der Waals surface area contributed by atoms with Crippen LogP contribution in [0, 0.1) is 5.82 Å². The Labute approximate surface area is 104 Å². The predicted octanol–water partition coefficient (Wildman–Crippen LogP) is 3.49.